The quantitative estimate of drug-likeness (QED) is 0.359. The average molecular weight is 425 g/mol. The molecular weight excluding hydrogens is 408 g/mol. The van der Waals surface area contributed by atoms with Gasteiger partial charge in [0, 0.05) is 16.9 Å². The third kappa shape index (κ3) is 4.20. The van der Waals surface area contributed by atoms with Crippen LogP contribution in [0.15, 0.2) is 77.7 Å². The minimum atomic E-state index is -3.82. The summed E-state index contributed by atoms with van der Waals surface area (Å²) in [5.41, 5.74) is 2.82. The number of anilines is 2. The Morgan fingerprint density at radius 1 is 0.828 bits per heavy atom. The van der Waals surface area contributed by atoms with Crippen molar-refractivity contribution < 1.29 is 13.2 Å². The van der Waals surface area contributed by atoms with Crippen LogP contribution in [-0.2, 0) is 10.0 Å². The molecule has 0 aliphatic heterocycles. The van der Waals surface area contributed by atoms with Crippen LogP contribution in [-0.4, -0.2) is 24.3 Å². The molecule has 0 aliphatic rings. The van der Waals surface area contributed by atoms with Gasteiger partial charge >= 0.3 is 0 Å². The molecule has 0 unspecified atom stereocenters. The number of carbonyl (C=O) groups is 1. The van der Waals surface area contributed by atoms with Gasteiger partial charge in [0.15, 0.2) is 4.77 Å². The summed E-state index contributed by atoms with van der Waals surface area (Å²) in [6.07, 6.45) is 0. The van der Waals surface area contributed by atoms with Gasteiger partial charge in [0.2, 0.25) is 0 Å². The van der Waals surface area contributed by atoms with Gasteiger partial charge in [-0.1, -0.05) is 24.3 Å². The van der Waals surface area contributed by atoms with E-state index in [1.807, 2.05) is 0 Å². The number of rotatable bonds is 5. The van der Waals surface area contributed by atoms with E-state index >= 15 is 0 Å². The van der Waals surface area contributed by atoms with Gasteiger partial charge in [0.05, 0.1) is 15.9 Å². The van der Waals surface area contributed by atoms with Crippen molar-refractivity contribution in [3.63, 3.8) is 0 Å². The van der Waals surface area contributed by atoms with Crippen LogP contribution in [0.2, 0.25) is 0 Å². The van der Waals surface area contributed by atoms with E-state index in [-0.39, 0.29) is 10.5 Å². The number of aromatic nitrogens is 2. The lowest BCUT2D eigenvalue weighted by molar-refractivity contribution is 0.102. The zero-order chi connectivity index (χ0) is 20.4. The Kier molecular flexibility index (Phi) is 4.91. The van der Waals surface area contributed by atoms with Gasteiger partial charge in [-0.25, -0.2) is 8.42 Å². The lowest BCUT2D eigenvalue weighted by atomic mass is 10.2. The molecule has 1 heterocycles. The predicted octanol–water partition coefficient (Wildman–Crippen LogP) is 4.28. The summed E-state index contributed by atoms with van der Waals surface area (Å²) in [6.45, 7) is 0. The zero-order valence-electron chi connectivity index (χ0n) is 15.0. The maximum atomic E-state index is 12.6. The molecule has 0 saturated heterocycles. The summed E-state index contributed by atoms with van der Waals surface area (Å²) in [7, 11) is -3.82. The summed E-state index contributed by atoms with van der Waals surface area (Å²) >= 11 is 5.06. The Labute approximate surface area is 171 Å². The van der Waals surface area contributed by atoms with Crippen molar-refractivity contribution in [2.24, 2.45) is 0 Å². The number of imidazole rings is 1. The second-order valence-electron chi connectivity index (χ2n) is 6.29. The van der Waals surface area contributed by atoms with E-state index in [9.17, 15) is 13.2 Å². The molecule has 29 heavy (non-hydrogen) atoms. The first-order valence-corrected chi connectivity index (χ1v) is 10.5. The highest BCUT2D eigenvalue weighted by molar-refractivity contribution is 7.92. The van der Waals surface area contributed by atoms with Gasteiger partial charge in [0.25, 0.3) is 15.9 Å². The van der Waals surface area contributed by atoms with Crippen LogP contribution < -0.4 is 10.0 Å². The number of para-hydroxylation sites is 1. The minimum absolute atomic E-state index is 0.000767. The fourth-order valence-corrected chi connectivity index (χ4v) is 4.16. The van der Waals surface area contributed by atoms with Crippen LogP contribution >= 0.6 is 12.2 Å². The first kappa shape index (κ1) is 18.9. The van der Waals surface area contributed by atoms with Crippen molar-refractivity contribution in [1.82, 2.24) is 9.97 Å². The summed E-state index contributed by atoms with van der Waals surface area (Å²) in [5.74, 6) is -0.421. The second-order valence-corrected chi connectivity index (χ2v) is 8.38. The maximum absolute atomic E-state index is 12.6. The molecule has 3 aromatic carbocycles. The van der Waals surface area contributed by atoms with E-state index in [4.69, 9.17) is 12.2 Å². The Morgan fingerprint density at radius 3 is 2.38 bits per heavy atom. The highest BCUT2D eigenvalue weighted by Gasteiger charge is 2.16. The van der Waals surface area contributed by atoms with E-state index in [2.05, 4.69) is 20.0 Å². The van der Waals surface area contributed by atoms with Gasteiger partial charge in [-0.3, -0.25) is 9.52 Å². The molecule has 0 bridgehead atoms. The van der Waals surface area contributed by atoms with Crippen LogP contribution in [0.25, 0.3) is 11.0 Å². The SMILES string of the molecule is O=C(Nc1ccc2[nH]c(=S)[nH]c2c1)c1cccc(S(=O)(=O)Nc2ccccc2)c1. The van der Waals surface area contributed by atoms with Crippen molar-refractivity contribution in [2.45, 2.75) is 4.90 Å². The van der Waals surface area contributed by atoms with Crippen LogP contribution in [0.4, 0.5) is 11.4 Å². The largest absolute Gasteiger partial charge is 0.331 e. The highest BCUT2D eigenvalue weighted by Crippen LogP contribution is 2.20. The van der Waals surface area contributed by atoms with Gasteiger partial charge in [0.1, 0.15) is 0 Å². The van der Waals surface area contributed by atoms with E-state index < -0.39 is 15.9 Å². The van der Waals surface area contributed by atoms with Crippen molar-refractivity contribution in [1.29, 1.82) is 0 Å². The molecule has 4 N–H and O–H groups in total. The molecule has 0 aliphatic carbocycles. The van der Waals surface area contributed by atoms with Gasteiger partial charge in [-0.2, -0.15) is 0 Å². The molecule has 0 spiro atoms. The van der Waals surface area contributed by atoms with E-state index in [1.54, 1.807) is 54.6 Å². The number of aromatic amines is 2. The number of fused-ring (bicyclic) bond motifs is 1. The third-order valence-electron chi connectivity index (χ3n) is 4.21. The molecule has 9 heteroatoms. The van der Waals surface area contributed by atoms with Crippen LogP contribution in [0.5, 0.6) is 0 Å². The lowest BCUT2D eigenvalue weighted by Crippen LogP contribution is -2.16. The molecule has 0 radical (unpaired) electrons. The summed E-state index contributed by atoms with van der Waals surface area (Å²) in [5, 5.41) is 2.77. The molecule has 4 aromatic rings. The number of benzene rings is 3. The molecule has 4 rings (SSSR count). The number of H-pyrrole nitrogens is 2. The summed E-state index contributed by atoms with van der Waals surface area (Å²) in [6, 6.07) is 19.7. The zero-order valence-corrected chi connectivity index (χ0v) is 16.6. The van der Waals surface area contributed by atoms with Crippen molar-refractivity contribution in [2.75, 3.05) is 10.0 Å². The highest BCUT2D eigenvalue weighted by atomic mass is 32.2. The van der Waals surface area contributed by atoms with Crippen molar-refractivity contribution >= 4 is 50.6 Å². The average Bonchev–Trinajstić information content (AvgIpc) is 3.08. The molecule has 0 saturated carbocycles. The standard InChI is InChI=1S/C20H16N4O3S2/c25-19(21-15-9-10-17-18(12-15)23-20(28)22-17)13-5-4-8-16(11-13)29(26,27)24-14-6-2-1-3-7-14/h1-12,24H,(H,21,25)(H2,22,23,28). The van der Waals surface area contributed by atoms with Crippen molar-refractivity contribution in [3.8, 4) is 0 Å². The van der Waals surface area contributed by atoms with Crippen LogP contribution in [0, 0.1) is 4.77 Å². The molecule has 1 aromatic heterocycles. The maximum Gasteiger partial charge on any atom is 0.261 e. The molecule has 0 fully saturated rings. The second kappa shape index (κ2) is 7.53. The topological polar surface area (TPSA) is 107 Å². The number of hydrogen-bond acceptors (Lipinski definition) is 4. The van der Waals surface area contributed by atoms with Gasteiger partial charge in [-0.05, 0) is 60.7 Å². The lowest BCUT2D eigenvalue weighted by Gasteiger charge is -2.10. The van der Waals surface area contributed by atoms with E-state index in [0.29, 0.717) is 16.1 Å². The number of hydrogen-bond donors (Lipinski definition) is 4. The van der Waals surface area contributed by atoms with Crippen LogP contribution in [0.1, 0.15) is 10.4 Å². The predicted molar refractivity (Wildman–Crippen MR) is 115 cm³/mol. The molecule has 0 atom stereocenters. The van der Waals surface area contributed by atoms with Gasteiger partial charge in [-0.15, -0.1) is 0 Å². The molecule has 7 nitrogen and oxygen atoms in total. The Bertz CT molecular complexity index is 1360. The fraction of sp³-hybridized carbons (Fsp3) is 0. The van der Waals surface area contributed by atoms with Crippen LogP contribution in [0.3, 0.4) is 0 Å². The Hall–Kier alpha value is -3.43. The first-order valence-electron chi connectivity index (χ1n) is 8.62. The Balaban J connectivity index is 1.57. The number of amides is 1. The summed E-state index contributed by atoms with van der Waals surface area (Å²) < 4.78 is 28.2. The first-order chi connectivity index (χ1) is 13.9. The normalized spacial score (nSPS) is 11.3. The number of carbonyl (C=O) groups excluding carboxylic acids is 1. The van der Waals surface area contributed by atoms with Crippen molar-refractivity contribution in [3.05, 3.63) is 83.1 Å². The Morgan fingerprint density at radius 2 is 1.59 bits per heavy atom. The van der Waals surface area contributed by atoms with E-state index in [1.165, 1.54) is 18.2 Å². The molecule has 1 amide bonds. The van der Waals surface area contributed by atoms with Gasteiger partial charge < -0.3 is 15.3 Å². The minimum Gasteiger partial charge on any atom is -0.331 e. The fourth-order valence-electron chi connectivity index (χ4n) is 2.84. The number of nitrogens with one attached hydrogen (secondary N) is 4. The summed E-state index contributed by atoms with van der Waals surface area (Å²) in [4.78, 5) is 18.6. The third-order valence-corrected chi connectivity index (χ3v) is 5.79. The smallest absolute Gasteiger partial charge is 0.261 e. The molecule has 146 valence electrons. The van der Waals surface area contributed by atoms with E-state index in [0.717, 1.165) is 11.0 Å². The monoisotopic (exact) mass is 424 g/mol. The molecular formula is C20H16N4O3S2. The number of sulfonamides is 1.